The number of hydrogen-bond acceptors (Lipinski definition) is 2. The lowest BCUT2D eigenvalue weighted by Gasteiger charge is -2.10. The Morgan fingerprint density at radius 3 is 2.00 bits per heavy atom. The zero-order chi connectivity index (χ0) is 24.3. The highest BCUT2D eigenvalue weighted by Gasteiger charge is 2.11. The van der Waals surface area contributed by atoms with Crippen LogP contribution in [0.5, 0.6) is 0 Å². The smallest absolute Gasteiger partial charge is 0.0715 e. The van der Waals surface area contributed by atoms with Crippen LogP contribution in [0.1, 0.15) is 0 Å². The van der Waals surface area contributed by atoms with Crippen molar-refractivity contribution in [3.05, 3.63) is 128 Å². The Balaban J connectivity index is 1.24. The van der Waals surface area contributed by atoms with E-state index in [0.717, 1.165) is 5.52 Å². The number of pyridine rings is 1. The monoisotopic (exact) mass is 487 g/mol. The van der Waals surface area contributed by atoms with Crippen molar-refractivity contribution in [2.75, 3.05) is 0 Å². The van der Waals surface area contributed by atoms with Crippen molar-refractivity contribution >= 4 is 64.0 Å². The molecule has 0 aliphatic heterocycles. The summed E-state index contributed by atoms with van der Waals surface area (Å²) in [7, 11) is 0. The van der Waals surface area contributed by atoms with E-state index in [0.29, 0.717) is 0 Å². The van der Waals surface area contributed by atoms with Crippen molar-refractivity contribution in [3.8, 4) is 22.3 Å². The number of hydrogen-bond donors (Lipinski definition) is 0. The predicted octanol–water partition coefficient (Wildman–Crippen LogP) is 10.2. The molecule has 0 spiro atoms. The molecule has 2 aromatic heterocycles. The summed E-state index contributed by atoms with van der Waals surface area (Å²) in [5.74, 6) is 0. The van der Waals surface area contributed by atoms with Crippen LogP contribution >= 0.6 is 11.3 Å². The summed E-state index contributed by atoms with van der Waals surface area (Å²) >= 11 is 1.82. The van der Waals surface area contributed by atoms with Crippen molar-refractivity contribution < 1.29 is 0 Å². The minimum Gasteiger partial charge on any atom is -0.255 e. The van der Waals surface area contributed by atoms with Crippen molar-refractivity contribution in [2.24, 2.45) is 0 Å². The van der Waals surface area contributed by atoms with Gasteiger partial charge in [0.2, 0.25) is 0 Å². The Morgan fingerprint density at radius 1 is 0.432 bits per heavy atom. The average molecular weight is 488 g/mol. The number of rotatable bonds is 2. The largest absolute Gasteiger partial charge is 0.255 e. The Hall–Kier alpha value is -4.53. The van der Waals surface area contributed by atoms with Gasteiger partial charge in [0, 0.05) is 27.1 Å². The summed E-state index contributed by atoms with van der Waals surface area (Å²) in [5.41, 5.74) is 5.88. The number of fused-ring (bicyclic) bond motifs is 8. The molecule has 1 nitrogen and oxygen atoms in total. The first-order valence-electron chi connectivity index (χ1n) is 12.5. The van der Waals surface area contributed by atoms with Crippen LogP contribution in [0, 0.1) is 0 Å². The molecule has 0 aliphatic rings. The standard InChI is InChI=1S/C35H21NS/c1-2-9-28-22(6-1)12-13-27-19-25(14-16-29(27)28)23-7-5-8-24(18-23)26-15-17-30-32(20-26)36-21-34-35(30)31-10-3-4-11-33(31)37-34/h1-21H. The first kappa shape index (κ1) is 20.6. The zero-order valence-corrected chi connectivity index (χ0v) is 20.8. The van der Waals surface area contributed by atoms with Gasteiger partial charge in [0.1, 0.15) is 0 Å². The van der Waals surface area contributed by atoms with Gasteiger partial charge >= 0.3 is 0 Å². The van der Waals surface area contributed by atoms with Crippen LogP contribution in [0.15, 0.2) is 128 Å². The lowest BCUT2D eigenvalue weighted by Crippen LogP contribution is -1.85. The second-order valence-electron chi connectivity index (χ2n) is 9.63. The summed E-state index contributed by atoms with van der Waals surface area (Å²) in [6.07, 6.45) is 2.03. The maximum atomic E-state index is 4.84. The second-order valence-corrected chi connectivity index (χ2v) is 10.7. The molecule has 2 heterocycles. The molecule has 0 N–H and O–H groups in total. The third-order valence-corrected chi connectivity index (χ3v) is 8.59. The third kappa shape index (κ3) is 3.27. The van der Waals surface area contributed by atoms with Gasteiger partial charge < -0.3 is 0 Å². The molecule has 0 bridgehead atoms. The van der Waals surface area contributed by atoms with E-state index in [1.807, 2.05) is 17.5 Å². The molecule has 8 rings (SSSR count). The van der Waals surface area contributed by atoms with E-state index in [1.54, 1.807) is 0 Å². The Morgan fingerprint density at radius 2 is 1.11 bits per heavy atom. The lowest BCUT2D eigenvalue weighted by molar-refractivity contribution is 1.45. The number of thiophene rings is 1. The molecule has 37 heavy (non-hydrogen) atoms. The Kier molecular flexibility index (Phi) is 4.46. The average Bonchev–Trinajstić information content (AvgIpc) is 3.36. The molecule has 2 heteroatoms. The maximum Gasteiger partial charge on any atom is 0.0715 e. The highest BCUT2D eigenvalue weighted by atomic mass is 32.1. The highest BCUT2D eigenvalue weighted by molar-refractivity contribution is 7.26. The summed E-state index contributed by atoms with van der Waals surface area (Å²) in [6, 6.07) is 44.0. The third-order valence-electron chi connectivity index (χ3n) is 7.48. The molecular weight excluding hydrogens is 466 g/mol. The van der Waals surface area contributed by atoms with Crippen LogP contribution in [0.2, 0.25) is 0 Å². The molecule has 172 valence electrons. The van der Waals surface area contributed by atoms with Crippen molar-refractivity contribution in [2.45, 2.75) is 0 Å². The van der Waals surface area contributed by atoms with E-state index in [1.165, 1.54) is 69.4 Å². The van der Waals surface area contributed by atoms with E-state index >= 15 is 0 Å². The number of benzene rings is 6. The number of aromatic nitrogens is 1. The Bertz CT molecular complexity index is 2150. The maximum absolute atomic E-state index is 4.84. The van der Waals surface area contributed by atoms with Gasteiger partial charge in [-0.25, -0.2) is 0 Å². The molecule has 0 saturated heterocycles. The van der Waals surface area contributed by atoms with Gasteiger partial charge in [-0.05, 0) is 68.1 Å². The summed E-state index contributed by atoms with van der Waals surface area (Å²) in [4.78, 5) is 4.84. The molecule has 0 radical (unpaired) electrons. The van der Waals surface area contributed by atoms with Crippen LogP contribution in [-0.4, -0.2) is 4.98 Å². The number of nitrogens with zero attached hydrogens (tertiary/aromatic N) is 1. The van der Waals surface area contributed by atoms with Crippen molar-refractivity contribution in [1.29, 1.82) is 0 Å². The van der Waals surface area contributed by atoms with Gasteiger partial charge in [-0.15, -0.1) is 11.3 Å². The van der Waals surface area contributed by atoms with Gasteiger partial charge in [-0.1, -0.05) is 97.1 Å². The van der Waals surface area contributed by atoms with Gasteiger partial charge in [-0.2, -0.15) is 0 Å². The first-order chi connectivity index (χ1) is 18.3. The molecule has 6 aromatic carbocycles. The van der Waals surface area contributed by atoms with E-state index in [-0.39, 0.29) is 0 Å². The quantitative estimate of drug-likeness (QED) is 0.221. The predicted molar refractivity (Wildman–Crippen MR) is 161 cm³/mol. The van der Waals surface area contributed by atoms with Crippen LogP contribution in [-0.2, 0) is 0 Å². The summed E-state index contributed by atoms with van der Waals surface area (Å²) < 4.78 is 2.56. The first-order valence-corrected chi connectivity index (χ1v) is 13.4. The van der Waals surface area contributed by atoms with Crippen LogP contribution in [0.25, 0.3) is 74.9 Å². The molecule has 0 amide bonds. The Labute approximate surface area is 218 Å². The van der Waals surface area contributed by atoms with Crippen LogP contribution < -0.4 is 0 Å². The molecule has 0 atom stereocenters. The second kappa shape index (κ2) is 7.99. The SMILES string of the molecule is c1cc(-c2ccc3c(ccc4ccccc43)c2)cc(-c2ccc3c(c2)ncc2sc4ccccc4c23)c1. The molecule has 0 saturated carbocycles. The lowest BCUT2D eigenvalue weighted by atomic mass is 9.95. The highest BCUT2D eigenvalue weighted by Crippen LogP contribution is 2.39. The summed E-state index contributed by atoms with van der Waals surface area (Å²) in [6.45, 7) is 0. The fourth-order valence-electron chi connectivity index (χ4n) is 5.66. The van der Waals surface area contributed by atoms with Gasteiger partial charge in [-0.3, -0.25) is 4.98 Å². The minimum atomic E-state index is 1.04. The van der Waals surface area contributed by atoms with Crippen LogP contribution in [0.4, 0.5) is 0 Å². The molecule has 0 fully saturated rings. The van der Waals surface area contributed by atoms with E-state index < -0.39 is 0 Å². The van der Waals surface area contributed by atoms with Gasteiger partial charge in [0.15, 0.2) is 0 Å². The fourth-order valence-corrected chi connectivity index (χ4v) is 6.75. The normalized spacial score (nSPS) is 11.8. The molecule has 0 unspecified atom stereocenters. The van der Waals surface area contributed by atoms with Crippen LogP contribution in [0.3, 0.4) is 0 Å². The topological polar surface area (TPSA) is 12.9 Å². The van der Waals surface area contributed by atoms with Gasteiger partial charge in [0.25, 0.3) is 0 Å². The van der Waals surface area contributed by atoms with Crippen molar-refractivity contribution in [1.82, 2.24) is 4.98 Å². The summed E-state index contributed by atoms with van der Waals surface area (Å²) in [5, 5.41) is 8.99. The molecular formula is C35H21NS. The molecule has 8 aromatic rings. The van der Waals surface area contributed by atoms with E-state index in [2.05, 4.69) is 121 Å². The van der Waals surface area contributed by atoms with Gasteiger partial charge in [0.05, 0.1) is 10.2 Å². The molecule has 0 aliphatic carbocycles. The van der Waals surface area contributed by atoms with E-state index in [9.17, 15) is 0 Å². The van der Waals surface area contributed by atoms with Crippen molar-refractivity contribution in [3.63, 3.8) is 0 Å². The minimum absolute atomic E-state index is 1.04. The fraction of sp³-hybridized carbons (Fsp3) is 0. The zero-order valence-electron chi connectivity index (χ0n) is 20.0. The van der Waals surface area contributed by atoms with E-state index in [4.69, 9.17) is 4.98 Å².